The van der Waals surface area contributed by atoms with Gasteiger partial charge in [-0.1, -0.05) is 41.7 Å². The summed E-state index contributed by atoms with van der Waals surface area (Å²) in [6, 6.07) is 11.8. The van der Waals surface area contributed by atoms with Gasteiger partial charge in [0.05, 0.1) is 12.6 Å². The second kappa shape index (κ2) is 8.55. The molecule has 0 amide bonds. The lowest BCUT2D eigenvalue weighted by Crippen LogP contribution is -2.06. The Morgan fingerprint density at radius 3 is 2.61 bits per heavy atom. The average Bonchev–Trinajstić information content (AvgIpc) is 3.44. The van der Waals surface area contributed by atoms with Gasteiger partial charge in [0, 0.05) is 30.4 Å². The van der Waals surface area contributed by atoms with Gasteiger partial charge in [-0.3, -0.25) is 4.68 Å². The van der Waals surface area contributed by atoms with Crippen LogP contribution in [0, 0.1) is 6.92 Å². The van der Waals surface area contributed by atoms with Crippen LogP contribution in [0.2, 0.25) is 0 Å². The van der Waals surface area contributed by atoms with Crippen LogP contribution in [0.15, 0.2) is 48.9 Å². The highest BCUT2D eigenvalue weighted by Gasteiger charge is 2.21. The fourth-order valence-electron chi connectivity index (χ4n) is 3.54. The molecular weight excluding hydrogens is 438 g/mol. The molecule has 0 saturated carbocycles. The van der Waals surface area contributed by atoms with Crippen LogP contribution in [0.5, 0.6) is 11.6 Å². The van der Waals surface area contributed by atoms with Crippen LogP contribution in [0.4, 0.5) is 0 Å². The molecule has 5 aromatic rings. The van der Waals surface area contributed by atoms with Crippen LogP contribution in [0.1, 0.15) is 23.0 Å². The van der Waals surface area contributed by atoms with Crippen molar-refractivity contribution < 1.29 is 9.47 Å². The first-order chi connectivity index (χ1) is 16.0. The Bertz CT molecular complexity index is 1430. The minimum Gasteiger partial charge on any atom is -0.491 e. The van der Waals surface area contributed by atoms with Crippen molar-refractivity contribution in [2.24, 2.45) is 7.05 Å². The van der Waals surface area contributed by atoms with E-state index in [1.165, 1.54) is 17.7 Å². The molecule has 1 atom stereocenters. The molecule has 0 bridgehead atoms. The van der Waals surface area contributed by atoms with Crippen molar-refractivity contribution in [3.8, 4) is 34.1 Å². The number of hydrogen-bond acceptors (Lipinski definition) is 9. The molecule has 9 nitrogen and oxygen atoms in total. The summed E-state index contributed by atoms with van der Waals surface area (Å²) in [4.78, 5) is 13.8. The van der Waals surface area contributed by atoms with Gasteiger partial charge in [0.1, 0.15) is 28.2 Å². The average molecular weight is 460 g/mol. The van der Waals surface area contributed by atoms with Crippen LogP contribution >= 0.6 is 11.3 Å². The van der Waals surface area contributed by atoms with Gasteiger partial charge in [-0.2, -0.15) is 5.10 Å². The molecular formula is C23H21N7O2S. The summed E-state index contributed by atoms with van der Waals surface area (Å²) in [5.74, 6) is 0.821. The normalized spacial score (nSPS) is 12.1. The van der Waals surface area contributed by atoms with Crippen molar-refractivity contribution in [1.29, 1.82) is 0 Å². The molecule has 0 unspecified atom stereocenters. The van der Waals surface area contributed by atoms with Gasteiger partial charge >= 0.3 is 0 Å². The molecule has 0 aliphatic carbocycles. The van der Waals surface area contributed by atoms with E-state index < -0.39 is 0 Å². The smallest absolute Gasteiger partial charge is 0.258 e. The quantitative estimate of drug-likeness (QED) is 0.368. The molecule has 166 valence electrons. The molecule has 0 aliphatic rings. The molecule has 4 aromatic heterocycles. The van der Waals surface area contributed by atoms with Gasteiger partial charge in [-0.25, -0.2) is 15.0 Å². The number of hydrogen-bond donors (Lipinski definition) is 0. The summed E-state index contributed by atoms with van der Waals surface area (Å²) in [5.41, 5.74) is 4.57. The molecule has 0 fully saturated rings. The first kappa shape index (κ1) is 21.0. The van der Waals surface area contributed by atoms with Crippen LogP contribution in [0.25, 0.3) is 33.5 Å². The van der Waals surface area contributed by atoms with Crippen molar-refractivity contribution in [2.45, 2.75) is 20.0 Å². The van der Waals surface area contributed by atoms with Gasteiger partial charge in [-0.05, 0) is 13.8 Å². The number of methoxy groups -OCH3 is 1. The van der Waals surface area contributed by atoms with E-state index in [2.05, 4.69) is 25.3 Å². The molecule has 5 rings (SSSR count). The number of nitrogens with zero attached hydrogens (tertiary/aromatic N) is 7. The van der Waals surface area contributed by atoms with E-state index in [9.17, 15) is 0 Å². The number of aryl methyl sites for hydroxylation is 2. The van der Waals surface area contributed by atoms with Crippen molar-refractivity contribution in [2.75, 3.05) is 7.11 Å². The lowest BCUT2D eigenvalue weighted by atomic mass is 10.0. The van der Waals surface area contributed by atoms with E-state index in [-0.39, 0.29) is 6.10 Å². The third-order valence-corrected chi connectivity index (χ3v) is 6.07. The van der Waals surface area contributed by atoms with E-state index >= 15 is 0 Å². The largest absolute Gasteiger partial charge is 0.491 e. The number of pyridine rings is 1. The zero-order chi connectivity index (χ0) is 22.9. The van der Waals surface area contributed by atoms with E-state index in [0.717, 1.165) is 26.8 Å². The van der Waals surface area contributed by atoms with E-state index in [0.29, 0.717) is 28.4 Å². The van der Waals surface area contributed by atoms with E-state index in [4.69, 9.17) is 14.5 Å². The van der Waals surface area contributed by atoms with Crippen LogP contribution < -0.4 is 9.47 Å². The van der Waals surface area contributed by atoms with Gasteiger partial charge in [0.25, 0.3) is 5.88 Å². The van der Waals surface area contributed by atoms with Gasteiger partial charge in [-0.15, -0.1) is 10.2 Å². The number of aromatic nitrogens is 7. The highest BCUT2D eigenvalue weighted by Crippen LogP contribution is 2.37. The summed E-state index contributed by atoms with van der Waals surface area (Å²) >= 11 is 1.48. The molecule has 1 aromatic carbocycles. The van der Waals surface area contributed by atoms with Crippen molar-refractivity contribution in [1.82, 2.24) is 34.9 Å². The van der Waals surface area contributed by atoms with E-state index in [1.807, 2.05) is 57.4 Å². The lowest BCUT2D eigenvalue weighted by Gasteiger charge is -2.15. The Morgan fingerprint density at radius 1 is 1.06 bits per heavy atom. The first-order valence-electron chi connectivity index (χ1n) is 10.3. The maximum atomic E-state index is 6.15. The molecule has 0 radical (unpaired) electrons. The predicted molar refractivity (Wildman–Crippen MR) is 125 cm³/mol. The summed E-state index contributed by atoms with van der Waals surface area (Å²) < 4.78 is 13.5. The number of fused-ring (bicyclic) bond motifs is 1. The fraction of sp³-hybridized carbons (Fsp3) is 0.217. The third-order valence-electron chi connectivity index (χ3n) is 5.07. The summed E-state index contributed by atoms with van der Waals surface area (Å²) in [6.45, 7) is 3.81. The van der Waals surface area contributed by atoms with Crippen LogP contribution in [0.3, 0.4) is 0 Å². The Morgan fingerprint density at radius 2 is 1.88 bits per heavy atom. The highest BCUT2D eigenvalue weighted by atomic mass is 32.1. The predicted octanol–water partition coefficient (Wildman–Crippen LogP) is 4.40. The summed E-state index contributed by atoms with van der Waals surface area (Å²) in [7, 11) is 3.46. The maximum Gasteiger partial charge on any atom is 0.258 e. The third kappa shape index (κ3) is 4.00. The van der Waals surface area contributed by atoms with Gasteiger partial charge < -0.3 is 9.47 Å². The molecule has 0 N–H and O–H groups in total. The zero-order valence-electron chi connectivity index (χ0n) is 18.6. The Hall–Kier alpha value is -3.92. The van der Waals surface area contributed by atoms with Crippen molar-refractivity contribution in [3.63, 3.8) is 0 Å². The lowest BCUT2D eigenvalue weighted by molar-refractivity contribution is 0.206. The minimum atomic E-state index is -0.346. The van der Waals surface area contributed by atoms with Gasteiger partial charge in [0.2, 0.25) is 0 Å². The first-order valence-corrected chi connectivity index (χ1v) is 11.1. The Balaban J connectivity index is 1.64. The summed E-state index contributed by atoms with van der Waals surface area (Å²) in [6.07, 6.45) is 3.11. The number of rotatable bonds is 6. The van der Waals surface area contributed by atoms with Crippen molar-refractivity contribution in [3.05, 3.63) is 58.9 Å². The second-order valence-corrected chi connectivity index (χ2v) is 8.65. The SMILES string of the molecule is COc1cc2ncnc(-c3cn(C)nc3-c3ccccc3)c2nc1O[C@@H](C)c1nnc(C)s1. The second-order valence-electron chi connectivity index (χ2n) is 7.44. The summed E-state index contributed by atoms with van der Waals surface area (Å²) in [5, 5.41) is 14.6. The zero-order valence-corrected chi connectivity index (χ0v) is 19.4. The molecule has 0 saturated heterocycles. The Labute approximate surface area is 194 Å². The van der Waals surface area contributed by atoms with Crippen LogP contribution in [-0.4, -0.2) is 42.0 Å². The fourth-order valence-corrected chi connectivity index (χ4v) is 4.22. The maximum absolute atomic E-state index is 6.15. The molecule has 0 aliphatic heterocycles. The Kier molecular flexibility index (Phi) is 5.43. The highest BCUT2D eigenvalue weighted by molar-refractivity contribution is 7.11. The van der Waals surface area contributed by atoms with Crippen molar-refractivity contribution >= 4 is 22.4 Å². The van der Waals surface area contributed by atoms with Crippen LogP contribution in [-0.2, 0) is 7.05 Å². The standard InChI is InChI=1S/C23H21N7O2S/c1-13(23-28-27-14(2)33-23)32-22-18(31-4)10-17-21(26-22)20(25-12-24-17)16-11-30(3)29-19(16)15-8-6-5-7-9-15/h5-13H,1-4H3/t13-/m0/s1. The molecule has 4 heterocycles. The topological polar surface area (TPSA) is 101 Å². The molecule has 0 spiro atoms. The molecule has 10 heteroatoms. The minimum absolute atomic E-state index is 0.339. The number of ether oxygens (including phenoxy) is 2. The number of benzene rings is 1. The monoisotopic (exact) mass is 459 g/mol. The van der Waals surface area contributed by atoms with Gasteiger partial charge in [0.15, 0.2) is 16.9 Å². The van der Waals surface area contributed by atoms with E-state index in [1.54, 1.807) is 17.9 Å². The molecule has 33 heavy (non-hydrogen) atoms.